The molecule has 7 nitrogen and oxygen atoms in total. The van der Waals surface area contributed by atoms with Crippen molar-refractivity contribution in [2.45, 2.75) is 24.3 Å². The lowest BCUT2D eigenvalue weighted by Gasteiger charge is -2.17. The average Bonchev–Trinajstić information content (AvgIpc) is 2.85. The van der Waals surface area contributed by atoms with Gasteiger partial charge in [0.1, 0.15) is 5.75 Å². The third-order valence-corrected chi connectivity index (χ3v) is 5.11. The first-order chi connectivity index (χ1) is 9.84. The Morgan fingerprint density at radius 1 is 1.48 bits per heavy atom. The zero-order valence-corrected chi connectivity index (χ0v) is 12.7. The Balaban J connectivity index is 2.37. The molecule has 0 unspecified atom stereocenters. The van der Waals surface area contributed by atoms with Crippen molar-refractivity contribution in [2.24, 2.45) is 0 Å². The lowest BCUT2D eigenvalue weighted by molar-refractivity contribution is -0.114. The number of hydrogen-bond donors (Lipinski definition) is 2. The summed E-state index contributed by atoms with van der Waals surface area (Å²) in [7, 11) is -2.25. The Hall–Kier alpha value is -1.64. The summed E-state index contributed by atoms with van der Waals surface area (Å²) in [5, 5.41) is 12.0. The monoisotopic (exact) mass is 314 g/mol. The normalized spacial score (nSPS) is 19.5. The fraction of sp³-hybridized carbons (Fsp3) is 0.462. The molecule has 1 saturated heterocycles. The van der Waals surface area contributed by atoms with Crippen LogP contribution in [0.1, 0.15) is 13.3 Å². The van der Waals surface area contributed by atoms with E-state index in [0.29, 0.717) is 17.9 Å². The zero-order chi connectivity index (χ0) is 15.6. The third kappa shape index (κ3) is 3.34. The summed E-state index contributed by atoms with van der Waals surface area (Å²) in [4.78, 5) is 11.2. The molecule has 0 radical (unpaired) electrons. The van der Waals surface area contributed by atoms with Crippen LogP contribution in [0.25, 0.3) is 0 Å². The van der Waals surface area contributed by atoms with Gasteiger partial charge in [-0.3, -0.25) is 4.79 Å². The predicted molar refractivity (Wildman–Crippen MR) is 76.7 cm³/mol. The highest BCUT2D eigenvalue weighted by Gasteiger charge is 2.32. The molecule has 1 aliphatic heterocycles. The summed E-state index contributed by atoms with van der Waals surface area (Å²) in [5.41, 5.74) is 0.297. The number of aliphatic hydroxyl groups excluding tert-OH is 1. The van der Waals surface area contributed by atoms with Gasteiger partial charge in [-0.2, -0.15) is 4.31 Å². The van der Waals surface area contributed by atoms with E-state index in [1.807, 2.05) is 0 Å². The summed E-state index contributed by atoms with van der Waals surface area (Å²) in [6, 6.07) is 4.27. The smallest absolute Gasteiger partial charge is 0.243 e. The number of anilines is 1. The number of carbonyl (C=O) groups is 1. The van der Waals surface area contributed by atoms with E-state index < -0.39 is 16.1 Å². The van der Waals surface area contributed by atoms with E-state index in [1.54, 1.807) is 0 Å². The number of methoxy groups -OCH3 is 1. The van der Waals surface area contributed by atoms with E-state index in [0.717, 1.165) is 0 Å². The van der Waals surface area contributed by atoms with Crippen LogP contribution in [0.2, 0.25) is 0 Å². The standard InChI is InChI=1S/C13H18N2O5S/c1-9(16)14-12-7-11(3-4-13(12)20-2)21(18,19)15-6-5-10(17)8-15/h3-4,7,10,17H,5-6,8H2,1-2H3,(H,14,16)/t10-/m1/s1. The van der Waals surface area contributed by atoms with Crippen LogP contribution in [0.3, 0.4) is 0 Å². The van der Waals surface area contributed by atoms with Gasteiger partial charge in [-0.25, -0.2) is 8.42 Å². The zero-order valence-electron chi connectivity index (χ0n) is 11.9. The average molecular weight is 314 g/mol. The molecule has 1 heterocycles. The van der Waals surface area contributed by atoms with Crippen LogP contribution in [0, 0.1) is 0 Å². The quantitative estimate of drug-likeness (QED) is 0.839. The Labute approximate surface area is 123 Å². The van der Waals surface area contributed by atoms with Crippen molar-refractivity contribution in [3.05, 3.63) is 18.2 Å². The van der Waals surface area contributed by atoms with E-state index in [-0.39, 0.29) is 23.9 Å². The maximum absolute atomic E-state index is 12.5. The number of nitrogens with zero attached hydrogens (tertiary/aromatic N) is 1. The second kappa shape index (κ2) is 6.00. The van der Waals surface area contributed by atoms with Crippen molar-refractivity contribution < 1.29 is 23.1 Å². The van der Waals surface area contributed by atoms with Crippen molar-refractivity contribution in [3.8, 4) is 5.75 Å². The maximum atomic E-state index is 12.5. The molecule has 116 valence electrons. The highest BCUT2D eigenvalue weighted by molar-refractivity contribution is 7.89. The second-order valence-electron chi connectivity index (χ2n) is 4.85. The molecule has 1 atom stereocenters. The Kier molecular flexibility index (Phi) is 4.50. The van der Waals surface area contributed by atoms with Gasteiger partial charge in [0.2, 0.25) is 15.9 Å². The van der Waals surface area contributed by atoms with Crippen molar-refractivity contribution in [3.63, 3.8) is 0 Å². The number of ether oxygens (including phenoxy) is 1. The second-order valence-corrected chi connectivity index (χ2v) is 6.79. The molecule has 1 aromatic carbocycles. The van der Waals surface area contributed by atoms with Gasteiger partial charge in [-0.1, -0.05) is 0 Å². The van der Waals surface area contributed by atoms with Gasteiger partial charge in [-0.05, 0) is 24.6 Å². The van der Waals surface area contributed by atoms with Crippen LogP contribution in [0.15, 0.2) is 23.1 Å². The molecule has 1 amide bonds. The van der Waals surface area contributed by atoms with Crippen LogP contribution in [0.5, 0.6) is 5.75 Å². The number of sulfonamides is 1. The first-order valence-electron chi connectivity index (χ1n) is 6.48. The minimum Gasteiger partial charge on any atom is -0.495 e. The van der Waals surface area contributed by atoms with E-state index in [9.17, 15) is 18.3 Å². The molecule has 0 aliphatic carbocycles. The van der Waals surface area contributed by atoms with E-state index in [1.165, 1.54) is 36.5 Å². The molecule has 1 aliphatic rings. The maximum Gasteiger partial charge on any atom is 0.243 e. The fourth-order valence-corrected chi connectivity index (χ4v) is 3.73. The fourth-order valence-electron chi connectivity index (χ4n) is 2.21. The van der Waals surface area contributed by atoms with Crippen LogP contribution in [0.4, 0.5) is 5.69 Å². The minimum atomic E-state index is -3.69. The topological polar surface area (TPSA) is 95.9 Å². The summed E-state index contributed by atoms with van der Waals surface area (Å²) >= 11 is 0. The summed E-state index contributed by atoms with van der Waals surface area (Å²) in [5.74, 6) is 0.0602. The molecule has 21 heavy (non-hydrogen) atoms. The van der Waals surface area contributed by atoms with Gasteiger partial charge < -0.3 is 15.2 Å². The third-order valence-electron chi connectivity index (χ3n) is 3.25. The molecule has 2 rings (SSSR count). The molecule has 1 aromatic rings. The van der Waals surface area contributed by atoms with E-state index >= 15 is 0 Å². The van der Waals surface area contributed by atoms with Crippen molar-refractivity contribution in [2.75, 3.05) is 25.5 Å². The highest BCUT2D eigenvalue weighted by atomic mass is 32.2. The van der Waals surface area contributed by atoms with Gasteiger partial charge >= 0.3 is 0 Å². The minimum absolute atomic E-state index is 0.0566. The molecule has 8 heteroatoms. The molecule has 0 aromatic heterocycles. The largest absolute Gasteiger partial charge is 0.495 e. The molecule has 1 fully saturated rings. The van der Waals surface area contributed by atoms with Crippen molar-refractivity contribution >= 4 is 21.6 Å². The summed E-state index contributed by atoms with van der Waals surface area (Å²) < 4.78 is 31.3. The number of β-amino-alcohol motifs (C(OH)–C–C–N with tert-alkyl or cyclic N) is 1. The van der Waals surface area contributed by atoms with Crippen LogP contribution < -0.4 is 10.1 Å². The number of rotatable bonds is 4. The van der Waals surface area contributed by atoms with Crippen LogP contribution in [-0.2, 0) is 14.8 Å². The molecule has 2 N–H and O–H groups in total. The molecular formula is C13H18N2O5S. The Morgan fingerprint density at radius 3 is 2.71 bits per heavy atom. The van der Waals surface area contributed by atoms with Gasteiger partial charge in [0.15, 0.2) is 0 Å². The lowest BCUT2D eigenvalue weighted by Crippen LogP contribution is -2.29. The SMILES string of the molecule is COc1ccc(S(=O)(=O)N2CC[C@@H](O)C2)cc1NC(C)=O. The van der Waals surface area contributed by atoms with Gasteiger partial charge in [0, 0.05) is 20.0 Å². The Bertz CT molecular complexity index is 644. The van der Waals surface area contributed by atoms with Gasteiger partial charge in [0.25, 0.3) is 0 Å². The number of hydrogen-bond acceptors (Lipinski definition) is 5. The molecular weight excluding hydrogens is 296 g/mol. The number of nitrogens with one attached hydrogen (secondary N) is 1. The first kappa shape index (κ1) is 15.7. The number of carbonyl (C=O) groups excluding carboxylic acids is 1. The molecule has 0 spiro atoms. The Morgan fingerprint density at radius 2 is 2.19 bits per heavy atom. The van der Waals surface area contributed by atoms with E-state index in [4.69, 9.17) is 4.74 Å². The van der Waals surface area contributed by atoms with Gasteiger partial charge in [0.05, 0.1) is 23.8 Å². The number of amides is 1. The molecule has 0 saturated carbocycles. The first-order valence-corrected chi connectivity index (χ1v) is 7.92. The number of benzene rings is 1. The van der Waals surface area contributed by atoms with Crippen LogP contribution >= 0.6 is 0 Å². The number of aliphatic hydroxyl groups is 1. The summed E-state index contributed by atoms with van der Waals surface area (Å²) in [6.07, 6.45) is -0.207. The predicted octanol–water partition coefficient (Wildman–Crippen LogP) is 0.409. The lowest BCUT2D eigenvalue weighted by atomic mass is 10.3. The van der Waals surface area contributed by atoms with Crippen molar-refractivity contribution in [1.29, 1.82) is 0 Å². The van der Waals surface area contributed by atoms with Crippen LogP contribution in [-0.4, -0.2) is 50.0 Å². The highest BCUT2D eigenvalue weighted by Crippen LogP contribution is 2.30. The van der Waals surface area contributed by atoms with E-state index in [2.05, 4.69) is 5.32 Å². The summed E-state index contributed by atoms with van der Waals surface area (Å²) in [6.45, 7) is 1.70. The van der Waals surface area contributed by atoms with Gasteiger partial charge in [-0.15, -0.1) is 0 Å². The van der Waals surface area contributed by atoms with Crippen molar-refractivity contribution in [1.82, 2.24) is 4.31 Å². The molecule has 0 bridgehead atoms.